The topological polar surface area (TPSA) is 93.0 Å². The highest BCUT2D eigenvalue weighted by atomic mass is 35.5. The maximum Gasteiger partial charge on any atom is 0.340 e. The number of ether oxygens (including phenoxy) is 1. The molecule has 0 atom stereocenters. The van der Waals surface area contributed by atoms with Crippen LogP contribution in [0.5, 0.6) is 0 Å². The van der Waals surface area contributed by atoms with Crippen molar-refractivity contribution in [1.29, 1.82) is 0 Å². The van der Waals surface area contributed by atoms with E-state index in [-0.39, 0.29) is 10.7 Å². The average Bonchev–Trinajstić information content (AvgIpc) is 2.73. The fourth-order valence-electron chi connectivity index (χ4n) is 2.13. The zero-order valence-electron chi connectivity index (χ0n) is 14.6. The van der Waals surface area contributed by atoms with Crippen LogP contribution >= 0.6 is 11.6 Å². The number of anilines is 1. The van der Waals surface area contributed by atoms with E-state index in [1.165, 1.54) is 18.3 Å². The number of nitrogens with zero attached hydrogens (tertiary/aromatic N) is 3. The number of hydrogen-bond acceptors (Lipinski definition) is 6. The zero-order chi connectivity index (χ0) is 19.8. The molecule has 1 amide bonds. The van der Waals surface area contributed by atoms with E-state index in [2.05, 4.69) is 20.5 Å². The molecule has 3 rings (SSSR count). The van der Waals surface area contributed by atoms with Crippen molar-refractivity contribution in [2.45, 2.75) is 0 Å². The van der Waals surface area contributed by atoms with Gasteiger partial charge in [-0.2, -0.15) is 10.2 Å². The summed E-state index contributed by atoms with van der Waals surface area (Å²) in [5.41, 5.74) is 2.15. The van der Waals surface area contributed by atoms with Crippen LogP contribution in [0.2, 0.25) is 5.15 Å². The van der Waals surface area contributed by atoms with Gasteiger partial charge in [-0.15, -0.1) is 0 Å². The molecule has 0 aliphatic heterocycles. The van der Waals surface area contributed by atoms with Gasteiger partial charge in [0.05, 0.1) is 16.9 Å². The van der Waals surface area contributed by atoms with Gasteiger partial charge >= 0.3 is 5.97 Å². The molecule has 0 spiro atoms. The van der Waals surface area contributed by atoms with Gasteiger partial charge in [0.15, 0.2) is 6.61 Å². The molecule has 0 bridgehead atoms. The molecule has 2 aromatic carbocycles. The van der Waals surface area contributed by atoms with Crippen molar-refractivity contribution >= 4 is 40.5 Å². The van der Waals surface area contributed by atoms with Gasteiger partial charge in [-0.3, -0.25) is 4.79 Å². The van der Waals surface area contributed by atoms with Crippen molar-refractivity contribution in [2.75, 3.05) is 11.9 Å². The van der Waals surface area contributed by atoms with Crippen molar-refractivity contribution in [1.82, 2.24) is 4.98 Å². The second-order valence-electron chi connectivity index (χ2n) is 5.58. The summed E-state index contributed by atoms with van der Waals surface area (Å²) in [7, 11) is 0. The third-order valence-electron chi connectivity index (χ3n) is 3.49. The van der Waals surface area contributed by atoms with Crippen molar-refractivity contribution in [2.24, 2.45) is 10.2 Å². The largest absolute Gasteiger partial charge is 0.452 e. The van der Waals surface area contributed by atoms with Crippen LogP contribution in [0.15, 0.2) is 83.2 Å². The number of esters is 1. The molecule has 1 N–H and O–H groups in total. The van der Waals surface area contributed by atoms with E-state index in [1.807, 2.05) is 30.3 Å². The number of carbonyl (C=O) groups excluding carboxylic acids is 2. The van der Waals surface area contributed by atoms with Gasteiger partial charge < -0.3 is 10.1 Å². The average molecular weight is 395 g/mol. The third kappa shape index (κ3) is 5.72. The Morgan fingerprint density at radius 1 is 0.929 bits per heavy atom. The Morgan fingerprint density at radius 3 is 2.25 bits per heavy atom. The number of pyridine rings is 1. The van der Waals surface area contributed by atoms with Gasteiger partial charge in [0.2, 0.25) is 0 Å². The quantitative estimate of drug-likeness (QED) is 0.364. The number of amides is 1. The van der Waals surface area contributed by atoms with E-state index in [1.54, 1.807) is 24.3 Å². The van der Waals surface area contributed by atoms with Gasteiger partial charge in [0, 0.05) is 11.9 Å². The number of hydrogen-bond donors (Lipinski definition) is 1. The molecule has 3 aromatic rings. The van der Waals surface area contributed by atoms with Gasteiger partial charge in [-0.25, -0.2) is 9.78 Å². The number of benzene rings is 2. The zero-order valence-corrected chi connectivity index (χ0v) is 15.3. The predicted molar refractivity (Wildman–Crippen MR) is 105 cm³/mol. The summed E-state index contributed by atoms with van der Waals surface area (Å²) >= 11 is 5.66. The minimum atomic E-state index is -0.656. The molecule has 28 heavy (non-hydrogen) atoms. The first kappa shape index (κ1) is 19.2. The SMILES string of the molecule is O=C(COC(=O)c1ccc(Cl)nc1)Nc1ccc(N=Nc2ccccc2)cc1. The number of rotatable bonds is 6. The Kier molecular flexibility index (Phi) is 6.43. The first-order valence-electron chi connectivity index (χ1n) is 8.25. The van der Waals surface area contributed by atoms with E-state index in [0.29, 0.717) is 11.4 Å². The molecule has 0 aliphatic rings. The molecule has 1 aromatic heterocycles. The number of nitrogens with one attached hydrogen (secondary N) is 1. The Bertz CT molecular complexity index is 975. The van der Waals surface area contributed by atoms with Crippen LogP contribution in [0.1, 0.15) is 10.4 Å². The molecule has 1 heterocycles. The highest BCUT2D eigenvalue weighted by Gasteiger charge is 2.11. The Labute approximate surface area is 166 Å². The molecule has 0 saturated carbocycles. The fourth-order valence-corrected chi connectivity index (χ4v) is 2.24. The maximum absolute atomic E-state index is 11.9. The molecule has 0 saturated heterocycles. The molecule has 7 nitrogen and oxygen atoms in total. The molecule has 0 aliphatic carbocycles. The highest BCUT2D eigenvalue weighted by molar-refractivity contribution is 6.29. The van der Waals surface area contributed by atoms with Crippen LogP contribution in [-0.2, 0) is 9.53 Å². The van der Waals surface area contributed by atoms with E-state index in [4.69, 9.17) is 16.3 Å². The first-order valence-corrected chi connectivity index (χ1v) is 8.63. The summed E-state index contributed by atoms with van der Waals surface area (Å²) in [6.45, 7) is -0.420. The van der Waals surface area contributed by atoms with Crippen LogP contribution in [-0.4, -0.2) is 23.5 Å². The fraction of sp³-hybridized carbons (Fsp3) is 0.0500. The van der Waals surface area contributed by atoms with Crippen molar-refractivity contribution in [3.63, 3.8) is 0 Å². The second kappa shape index (κ2) is 9.38. The van der Waals surface area contributed by atoms with Gasteiger partial charge in [0.25, 0.3) is 5.91 Å². The Hall–Kier alpha value is -3.58. The predicted octanol–water partition coefficient (Wildman–Crippen LogP) is 4.95. The standard InChI is InChI=1S/C20H15ClN4O3/c21-18-11-6-14(12-22-18)20(27)28-13-19(26)23-15-7-9-17(10-8-15)25-24-16-4-2-1-3-5-16/h1-12H,13H2,(H,23,26). The number of carbonyl (C=O) groups is 2. The van der Waals surface area contributed by atoms with E-state index < -0.39 is 18.5 Å². The maximum atomic E-state index is 11.9. The summed E-state index contributed by atoms with van der Waals surface area (Å²) < 4.78 is 4.95. The van der Waals surface area contributed by atoms with E-state index in [9.17, 15) is 9.59 Å². The lowest BCUT2D eigenvalue weighted by Crippen LogP contribution is -2.20. The van der Waals surface area contributed by atoms with Crippen LogP contribution in [0.3, 0.4) is 0 Å². The summed E-state index contributed by atoms with van der Waals surface area (Å²) in [6, 6.07) is 19.1. The molecular formula is C20H15ClN4O3. The lowest BCUT2D eigenvalue weighted by molar-refractivity contribution is -0.119. The molecule has 8 heteroatoms. The Morgan fingerprint density at radius 2 is 1.61 bits per heavy atom. The second-order valence-corrected chi connectivity index (χ2v) is 5.96. The molecule has 140 valence electrons. The van der Waals surface area contributed by atoms with Gasteiger partial charge in [-0.1, -0.05) is 29.8 Å². The monoisotopic (exact) mass is 394 g/mol. The lowest BCUT2D eigenvalue weighted by atomic mass is 10.3. The lowest BCUT2D eigenvalue weighted by Gasteiger charge is -2.06. The first-order chi connectivity index (χ1) is 13.6. The highest BCUT2D eigenvalue weighted by Crippen LogP contribution is 2.20. The van der Waals surface area contributed by atoms with E-state index in [0.717, 1.165) is 5.69 Å². The van der Waals surface area contributed by atoms with Gasteiger partial charge in [0.1, 0.15) is 5.15 Å². The molecular weight excluding hydrogens is 380 g/mol. The molecule has 0 radical (unpaired) electrons. The number of azo groups is 1. The molecule has 0 unspecified atom stereocenters. The molecule has 0 fully saturated rings. The smallest absolute Gasteiger partial charge is 0.340 e. The van der Waals surface area contributed by atoms with Crippen molar-refractivity contribution < 1.29 is 14.3 Å². The minimum Gasteiger partial charge on any atom is -0.452 e. The summed E-state index contributed by atoms with van der Waals surface area (Å²) in [4.78, 5) is 27.6. The van der Waals surface area contributed by atoms with Crippen molar-refractivity contribution in [3.05, 3.63) is 83.6 Å². The van der Waals surface area contributed by atoms with Crippen LogP contribution in [0.4, 0.5) is 17.1 Å². The third-order valence-corrected chi connectivity index (χ3v) is 3.71. The van der Waals surface area contributed by atoms with Crippen LogP contribution < -0.4 is 5.32 Å². The Balaban J connectivity index is 1.49. The number of halogens is 1. The normalized spacial score (nSPS) is 10.6. The van der Waals surface area contributed by atoms with Gasteiger partial charge in [-0.05, 0) is 48.5 Å². The van der Waals surface area contributed by atoms with Crippen LogP contribution in [0.25, 0.3) is 0 Å². The number of aromatic nitrogens is 1. The van der Waals surface area contributed by atoms with E-state index >= 15 is 0 Å². The van der Waals surface area contributed by atoms with Crippen LogP contribution in [0, 0.1) is 0 Å². The summed E-state index contributed by atoms with van der Waals surface area (Å²) in [6.07, 6.45) is 1.28. The van der Waals surface area contributed by atoms with Crippen molar-refractivity contribution in [3.8, 4) is 0 Å². The minimum absolute atomic E-state index is 0.213. The summed E-state index contributed by atoms with van der Waals surface area (Å²) in [5, 5.41) is 11.1. The summed E-state index contributed by atoms with van der Waals surface area (Å²) in [5.74, 6) is -1.12.